The van der Waals surface area contributed by atoms with E-state index in [0.29, 0.717) is 31.5 Å². The van der Waals surface area contributed by atoms with Crippen LogP contribution in [0.5, 0.6) is 0 Å². The van der Waals surface area contributed by atoms with E-state index < -0.39 is 35.5 Å². The molecule has 0 radical (unpaired) electrons. The van der Waals surface area contributed by atoms with Crippen molar-refractivity contribution in [3.05, 3.63) is 58.7 Å². The van der Waals surface area contributed by atoms with Crippen LogP contribution < -0.4 is 10.2 Å². The molecular formula is C26H26FN5O5. The third-order valence-electron chi connectivity index (χ3n) is 7.20. The lowest BCUT2D eigenvalue weighted by molar-refractivity contribution is -0.136. The number of fused-ring (bicyclic) bond motifs is 1. The number of rotatable bonds is 4. The summed E-state index contributed by atoms with van der Waals surface area (Å²) in [5.74, 6) is -3.16. The van der Waals surface area contributed by atoms with Gasteiger partial charge in [-0.2, -0.15) is 0 Å². The van der Waals surface area contributed by atoms with Crippen LogP contribution in [0.2, 0.25) is 0 Å². The van der Waals surface area contributed by atoms with Crippen molar-refractivity contribution in [3.8, 4) is 0 Å². The lowest BCUT2D eigenvalue weighted by Crippen LogP contribution is -2.54. The molecule has 1 aromatic carbocycles. The number of anilines is 1. The van der Waals surface area contributed by atoms with Crippen LogP contribution in [0.3, 0.4) is 0 Å². The van der Waals surface area contributed by atoms with Gasteiger partial charge in [0.15, 0.2) is 0 Å². The fourth-order valence-electron chi connectivity index (χ4n) is 5.17. The summed E-state index contributed by atoms with van der Waals surface area (Å²) in [6, 6.07) is 4.95. The fraction of sp³-hybridized carbons (Fsp3) is 0.385. The van der Waals surface area contributed by atoms with Gasteiger partial charge in [0.2, 0.25) is 11.8 Å². The van der Waals surface area contributed by atoms with Crippen LogP contribution in [0.25, 0.3) is 0 Å². The van der Waals surface area contributed by atoms with Crippen LogP contribution in [0, 0.1) is 5.82 Å². The number of hydrogen-bond acceptors (Lipinski definition) is 7. The average Bonchev–Trinajstić information content (AvgIpc) is 3.12. The van der Waals surface area contributed by atoms with Crippen molar-refractivity contribution in [1.29, 1.82) is 0 Å². The van der Waals surface area contributed by atoms with E-state index in [4.69, 9.17) is 0 Å². The van der Waals surface area contributed by atoms with Gasteiger partial charge >= 0.3 is 0 Å². The lowest BCUT2D eigenvalue weighted by Gasteiger charge is -2.33. The zero-order valence-electron chi connectivity index (χ0n) is 20.5. The van der Waals surface area contributed by atoms with Gasteiger partial charge in [-0.05, 0) is 43.5 Å². The second-order valence-corrected chi connectivity index (χ2v) is 9.73. The van der Waals surface area contributed by atoms with Gasteiger partial charge in [-0.25, -0.2) is 4.39 Å². The highest BCUT2D eigenvalue weighted by molar-refractivity contribution is 6.23. The second-order valence-electron chi connectivity index (χ2n) is 9.73. The number of nitrogens with one attached hydrogen (secondary N) is 1. The van der Waals surface area contributed by atoms with E-state index in [2.05, 4.69) is 10.3 Å². The molecule has 1 atom stereocenters. The number of carbonyl (C=O) groups excluding carboxylic acids is 5. The molecule has 2 aromatic rings. The van der Waals surface area contributed by atoms with Crippen molar-refractivity contribution in [2.75, 3.05) is 32.1 Å². The monoisotopic (exact) mass is 507 g/mol. The Bertz CT molecular complexity index is 1320. The van der Waals surface area contributed by atoms with Gasteiger partial charge in [0.25, 0.3) is 17.7 Å². The summed E-state index contributed by atoms with van der Waals surface area (Å²) in [6.45, 7) is 1.03. The highest BCUT2D eigenvalue weighted by Crippen LogP contribution is 2.35. The molecule has 1 aromatic heterocycles. The van der Waals surface area contributed by atoms with Crippen molar-refractivity contribution in [2.24, 2.45) is 0 Å². The SMILES string of the molecule is CN(C)C(=O)c1ccc(C2CCN(c3cc4c(cc3F)C(=O)N(C3CCC(=O)NC3=O)C4=O)CC2)nc1. The first-order valence-corrected chi connectivity index (χ1v) is 12.1. The van der Waals surface area contributed by atoms with E-state index in [1.165, 1.54) is 11.0 Å². The normalized spacial score (nSPS) is 20.2. The molecule has 0 spiro atoms. The summed E-state index contributed by atoms with van der Waals surface area (Å²) in [5, 5.41) is 2.15. The minimum absolute atomic E-state index is 0.0158. The number of piperidine rings is 2. The summed E-state index contributed by atoms with van der Waals surface area (Å²) < 4.78 is 15.1. The molecule has 5 amide bonds. The molecule has 10 nitrogen and oxygen atoms in total. The number of benzene rings is 1. The minimum Gasteiger partial charge on any atom is -0.369 e. The van der Waals surface area contributed by atoms with Crippen LogP contribution in [-0.4, -0.2) is 77.5 Å². The molecule has 3 aliphatic heterocycles. The van der Waals surface area contributed by atoms with Crippen LogP contribution in [0.4, 0.5) is 10.1 Å². The topological polar surface area (TPSA) is 120 Å². The summed E-state index contributed by atoms with van der Waals surface area (Å²) in [6.07, 6.45) is 3.01. The van der Waals surface area contributed by atoms with E-state index in [9.17, 15) is 24.0 Å². The maximum Gasteiger partial charge on any atom is 0.262 e. The van der Waals surface area contributed by atoms with E-state index in [1.54, 1.807) is 26.4 Å². The Morgan fingerprint density at radius 3 is 2.30 bits per heavy atom. The van der Waals surface area contributed by atoms with Gasteiger partial charge in [-0.15, -0.1) is 0 Å². The molecule has 1 N–H and O–H groups in total. The van der Waals surface area contributed by atoms with Crippen LogP contribution in [-0.2, 0) is 9.59 Å². The fourth-order valence-corrected chi connectivity index (χ4v) is 5.17. The number of amides is 5. The maximum atomic E-state index is 15.1. The summed E-state index contributed by atoms with van der Waals surface area (Å²) in [4.78, 5) is 70.4. The molecule has 3 aliphatic rings. The molecule has 2 fully saturated rings. The Hall–Kier alpha value is -4.15. The largest absolute Gasteiger partial charge is 0.369 e. The first-order chi connectivity index (χ1) is 17.7. The molecule has 5 rings (SSSR count). The number of halogens is 1. The number of nitrogens with zero attached hydrogens (tertiary/aromatic N) is 4. The molecule has 37 heavy (non-hydrogen) atoms. The zero-order chi connectivity index (χ0) is 26.4. The Balaban J connectivity index is 1.30. The van der Waals surface area contributed by atoms with Crippen molar-refractivity contribution in [2.45, 2.75) is 37.6 Å². The standard InChI is InChI=1S/C26H26FN5O5/c1-30(2)24(35)15-3-4-19(28-13-15)14-7-9-31(10-8-14)21-12-17-16(11-18(21)27)25(36)32(26(17)37)20-5-6-22(33)29-23(20)34/h3-4,11-14,20H,5-10H2,1-2H3,(H,29,33,34). The lowest BCUT2D eigenvalue weighted by atomic mass is 9.92. The molecule has 2 saturated heterocycles. The predicted octanol–water partition coefficient (Wildman–Crippen LogP) is 1.71. The van der Waals surface area contributed by atoms with Crippen LogP contribution in [0.15, 0.2) is 30.5 Å². The third kappa shape index (κ3) is 4.34. The quantitative estimate of drug-likeness (QED) is 0.626. The number of imide groups is 2. The van der Waals surface area contributed by atoms with Gasteiger partial charge in [0, 0.05) is 51.4 Å². The zero-order valence-corrected chi connectivity index (χ0v) is 20.5. The number of carbonyl (C=O) groups is 5. The van der Waals surface area contributed by atoms with E-state index in [-0.39, 0.29) is 41.5 Å². The molecule has 0 saturated carbocycles. The summed E-state index contributed by atoms with van der Waals surface area (Å²) in [7, 11) is 3.36. The maximum absolute atomic E-state index is 15.1. The predicted molar refractivity (Wildman–Crippen MR) is 130 cm³/mol. The van der Waals surface area contributed by atoms with Gasteiger partial charge < -0.3 is 9.80 Å². The number of pyridine rings is 1. The van der Waals surface area contributed by atoms with Crippen molar-refractivity contribution >= 4 is 35.2 Å². The van der Waals surface area contributed by atoms with Crippen LogP contribution >= 0.6 is 0 Å². The number of aromatic nitrogens is 1. The van der Waals surface area contributed by atoms with Crippen molar-refractivity contribution < 1.29 is 28.4 Å². The third-order valence-corrected chi connectivity index (χ3v) is 7.20. The Morgan fingerprint density at radius 2 is 1.70 bits per heavy atom. The number of hydrogen-bond donors (Lipinski definition) is 1. The molecule has 4 heterocycles. The molecule has 11 heteroatoms. The van der Waals surface area contributed by atoms with Crippen molar-refractivity contribution in [1.82, 2.24) is 20.1 Å². The van der Waals surface area contributed by atoms with Crippen LogP contribution in [0.1, 0.15) is 68.4 Å². The highest BCUT2D eigenvalue weighted by Gasteiger charge is 2.45. The smallest absolute Gasteiger partial charge is 0.262 e. The van der Waals surface area contributed by atoms with Gasteiger partial charge in [0.1, 0.15) is 11.9 Å². The van der Waals surface area contributed by atoms with Gasteiger partial charge in [-0.3, -0.25) is 39.2 Å². The Morgan fingerprint density at radius 1 is 1.03 bits per heavy atom. The van der Waals surface area contributed by atoms with E-state index in [1.807, 2.05) is 11.0 Å². The van der Waals surface area contributed by atoms with Crippen molar-refractivity contribution in [3.63, 3.8) is 0 Å². The molecule has 0 aliphatic carbocycles. The van der Waals surface area contributed by atoms with E-state index >= 15 is 4.39 Å². The van der Waals surface area contributed by atoms with Gasteiger partial charge in [0.05, 0.1) is 22.4 Å². The Kier molecular flexibility index (Phi) is 6.22. The molecule has 1 unspecified atom stereocenters. The van der Waals surface area contributed by atoms with E-state index in [0.717, 1.165) is 16.7 Å². The molecule has 0 bridgehead atoms. The minimum atomic E-state index is -1.10. The first kappa shape index (κ1) is 24.5. The Labute approximate surface area is 212 Å². The highest BCUT2D eigenvalue weighted by atomic mass is 19.1. The summed E-state index contributed by atoms with van der Waals surface area (Å²) in [5.41, 5.74) is 1.57. The summed E-state index contributed by atoms with van der Waals surface area (Å²) >= 11 is 0. The molecular weight excluding hydrogens is 481 g/mol. The van der Waals surface area contributed by atoms with Gasteiger partial charge in [-0.1, -0.05) is 0 Å². The first-order valence-electron chi connectivity index (χ1n) is 12.1. The average molecular weight is 508 g/mol. The molecule has 192 valence electrons. The second kappa shape index (κ2) is 9.38.